The molecule has 150 valence electrons. The third-order valence-electron chi connectivity index (χ3n) is 5.26. The minimum absolute atomic E-state index is 0.164. The summed E-state index contributed by atoms with van der Waals surface area (Å²) in [5.41, 5.74) is 2.42. The van der Waals surface area contributed by atoms with E-state index in [1.165, 1.54) is 18.2 Å². The first-order valence-corrected chi connectivity index (χ1v) is 10.1. The number of hydrogen-bond acceptors (Lipinski definition) is 2. The second-order valence-electron chi connectivity index (χ2n) is 7.32. The zero-order valence-corrected chi connectivity index (χ0v) is 16.8. The molecule has 0 saturated heterocycles. The van der Waals surface area contributed by atoms with E-state index >= 15 is 0 Å². The number of carbonyl (C=O) groups is 1. The summed E-state index contributed by atoms with van der Waals surface area (Å²) in [5.74, 6) is -0.706. The van der Waals surface area contributed by atoms with Gasteiger partial charge in [-0.05, 0) is 30.2 Å². The number of rotatable bonds is 6. The molecule has 0 amide bonds. The summed E-state index contributed by atoms with van der Waals surface area (Å²) in [6, 6.07) is 22.7. The number of halogens is 1. The molecule has 0 N–H and O–H groups in total. The van der Waals surface area contributed by atoms with E-state index < -0.39 is 5.82 Å². The zero-order chi connectivity index (χ0) is 21.1. The van der Waals surface area contributed by atoms with Crippen molar-refractivity contribution in [1.29, 1.82) is 0 Å². The Balaban J connectivity index is 2.06. The van der Waals surface area contributed by atoms with Crippen LogP contribution in [-0.2, 0) is 13.0 Å². The molecule has 0 aliphatic carbocycles. The Kier molecular flexibility index (Phi) is 5.57. The molecule has 0 radical (unpaired) electrons. The van der Waals surface area contributed by atoms with Gasteiger partial charge in [-0.25, -0.2) is 4.39 Å². The van der Waals surface area contributed by atoms with Crippen LogP contribution in [0.2, 0.25) is 0 Å². The summed E-state index contributed by atoms with van der Waals surface area (Å²) in [5, 5.41) is 0.362. The Morgan fingerprint density at radius 2 is 1.60 bits per heavy atom. The maximum absolute atomic E-state index is 14.1. The summed E-state index contributed by atoms with van der Waals surface area (Å²) in [6.45, 7) is 2.60. The first-order chi connectivity index (χ1) is 14.6. The average molecular weight is 399 g/mol. The first-order valence-electron chi connectivity index (χ1n) is 10.1. The maximum atomic E-state index is 14.1. The molecule has 0 aliphatic rings. The molecule has 1 aromatic heterocycles. The highest BCUT2D eigenvalue weighted by molar-refractivity contribution is 6.11. The van der Waals surface area contributed by atoms with Gasteiger partial charge in [0.2, 0.25) is 5.43 Å². The summed E-state index contributed by atoms with van der Waals surface area (Å²) in [6.07, 6.45) is 1.20. The fraction of sp³-hybridized carbons (Fsp3) is 0.154. The monoisotopic (exact) mass is 399 g/mol. The average Bonchev–Trinajstić information content (AvgIpc) is 2.77. The van der Waals surface area contributed by atoms with Gasteiger partial charge in [-0.3, -0.25) is 9.59 Å². The van der Waals surface area contributed by atoms with E-state index in [1.54, 1.807) is 24.3 Å². The fourth-order valence-electron chi connectivity index (χ4n) is 3.89. The quantitative estimate of drug-likeness (QED) is 0.409. The molecule has 0 saturated carbocycles. The van der Waals surface area contributed by atoms with Crippen LogP contribution in [0.25, 0.3) is 10.9 Å². The molecule has 3 nitrogen and oxygen atoms in total. The van der Waals surface area contributed by atoms with Gasteiger partial charge in [0.05, 0.1) is 11.1 Å². The van der Waals surface area contributed by atoms with Crippen LogP contribution >= 0.6 is 0 Å². The lowest BCUT2D eigenvalue weighted by Crippen LogP contribution is -2.25. The summed E-state index contributed by atoms with van der Waals surface area (Å²) in [7, 11) is 0. The van der Waals surface area contributed by atoms with Crippen LogP contribution in [0.15, 0.2) is 83.7 Å². The number of nitrogens with zero attached hydrogens (tertiary/aromatic N) is 1. The number of aryl methyl sites for hydroxylation is 1. The van der Waals surface area contributed by atoms with Crippen molar-refractivity contribution >= 4 is 16.7 Å². The van der Waals surface area contributed by atoms with Crippen molar-refractivity contribution in [3.05, 3.63) is 117 Å². The second kappa shape index (κ2) is 8.46. The highest BCUT2D eigenvalue weighted by Gasteiger charge is 2.23. The van der Waals surface area contributed by atoms with Crippen LogP contribution in [0.4, 0.5) is 4.39 Å². The molecule has 0 fully saturated rings. The topological polar surface area (TPSA) is 39.1 Å². The Hall–Kier alpha value is -3.53. The van der Waals surface area contributed by atoms with E-state index in [2.05, 4.69) is 0 Å². The van der Waals surface area contributed by atoms with Gasteiger partial charge >= 0.3 is 0 Å². The van der Waals surface area contributed by atoms with Crippen molar-refractivity contribution in [2.45, 2.75) is 26.3 Å². The SMILES string of the molecule is CCCn1c(Cc2ccccc2)c(C(=O)c2ccccc2)c(=O)c2ccc(F)cc21. The van der Waals surface area contributed by atoms with Crippen molar-refractivity contribution in [3.8, 4) is 0 Å². The first kappa shape index (κ1) is 19.8. The normalized spacial score (nSPS) is 11.0. The Morgan fingerprint density at radius 3 is 2.27 bits per heavy atom. The number of benzene rings is 3. The third kappa shape index (κ3) is 3.69. The van der Waals surface area contributed by atoms with Crippen LogP contribution in [0.1, 0.15) is 40.5 Å². The van der Waals surface area contributed by atoms with Gasteiger partial charge in [0, 0.05) is 29.6 Å². The molecule has 1 heterocycles. The molecule has 30 heavy (non-hydrogen) atoms. The van der Waals surface area contributed by atoms with E-state index in [4.69, 9.17) is 0 Å². The van der Waals surface area contributed by atoms with Gasteiger partial charge in [-0.2, -0.15) is 0 Å². The van der Waals surface area contributed by atoms with E-state index in [0.717, 1.165) is 12.0 Å². The van der Waals surface area contributed by atoms with Crippen molar-refractivity contribution in [1.82, 2.24) is 4.57 Å². The summed E-state index contributed by atoms with van der Waals surface area (Å²) in [4.78, 5) is 26.9. The van der Waals surface area contributed by atoms with Gasteiger partial charge in [-0.15, -0.1) is 0 Å². The van der Waals surface area contributed by atoms with Crippen LogP contribution in [0, 0.1) is 5.82 Å². The predicted octanol–water partition coefficient (Wildman–Crippen LogP) is 5.37. The second-order valence-corrected chi connectivity index (χ2v) is 7.32. The molecule has 4 rings (SSSR count). The lowest BCUT2D eigenvalue weighted by Gasteiger charge is -2.20. The molecule has 3 aromatic carbocycles. The number of ketones is 1. The number of fused-ring (bicyclic) bond motifs is 1. The van der Waals surface area contributed by atoms with Crippen molar-refractivity contribution in [2.24, 2.45) is 0 Å². The number of carbonyl (C=O) groups excluding carboxylic acids is 1. The molecular weight excluding hydrogens is 377 g/mol. The molecule has 0 spiro atoms. The van der Waals surface area contributed by atoms with Gasteiger partial charge in [0.1, 0.15) is 5.82 Å². The van der Waals surface area contributed by atoms with Crippen molar-refractivity contribution in [3.63, 3.8) is 0 Å². The standard InChI is InChI=1S/C26H22FNO2/c1-2-15-28-22-17-20(27)13-14-21(22)26(30)24(25(29)19-11-7-4-8-12-19)23(28)16-18-9-5-3-6-10-18/h3-14,17H,2,15-16H2,1H3. The van der Waals surface area contributed by atoms with Crippen molar-refractivity contribution in [2.75, 3.05) is 0 Å². The van der Waals surface area contributed by atoms with E-state index in [9.17, 15) is 14.0 Å². The predicted molar refractivity (Wildman–Crippen MR) is 118 cm³/mol. The lowest BCUT2D eigenvalue weighted by molar-refractivity contribution is 0.103. The van der Waals surface area contributed by atoms with E-state index in [1.807, 2.05) is 47.9 Å². The number of hydrogen-bond donors (Lipinski definition) is 0. The van der Waals surface area contributed by atoms with Gasteiger partial charge in [-0.1, -0.05) is 67.6 Å². The number of pyridine rings is 1. The molecule has 4 aromatic rings. The van der Waals surface area contributed by atoms with Crippen LogP contribution in [0.3, 0.4) is 0 Å². The minimum atomic E-state index is -0.403. The molecular formula is C26H22FNO2. The van der Waals surface area contributed by atoms with Crippen LogP contribution < -0.4 is 5.43 Å². The molecule has 0 aliphatic heterocycles. The van der Waals surface area contributed by atoms with Gasteiger partial charge in [0.15, 0.2) is 5.78 Å². The molecule has 4 heteroatoms. The Bertz CT molecular complexity index is 1260. The Morgan fingerprint density at radius 1 is 0.933 bits per heavy atom. The summed E-state index contributed by atoms with van der Waals surface area (Å²) >= 11 is 0. The van der Waals surface area contributed by atoms with Gasteiger partial charge in [0.25, 0.3) is 0 Å². The van der Waals surface area contributed by atoms with Crippen LogP contribution in [0.5, 0.6) is 0 Å². The smallest absolute Gasteiger partial charge is 0.200 e. The van der Waals surface area contributed by atoms with E-state index in [-0.39, 0.29) is 16.8 Å². The Labute approximate surface area is 174 Å². The summed E-state index contributed by atoms with van der Waals surface area (Å²) < 4.78 is 16.0. The maximum Gasteiger partial charge on any atom is 0.200 e. The van der Waals surface area contributed by atoms with Crippen molar-refractivity contribution < 1.29 is 9.18 Å². The largest absolute Gasteiger partial charge is 0.343 e. The van der Waals surface area contributed by atoms with Gasteiger partial charge < -0.3 is 4.57 Å². The lowest BCUT2D eigenvalue weighted by atomic mass is 9.95. The minimum Gasteiger partial charge on any atom is -0.343 e. The highest BCUT2D eigenvalue weighted by Crippen LogP contribution is 2.23. The zero-order valence-electron chi connectivity index (χ0n) is 16.8. The molecule has 0 atom stereocenters. The van der Waals surface area contributed by atoms with E-state index in [0.29, 0.717) is 35.1 Å². The molecule has 0 bridgehead atoms. The highest BCUT2D eigenvalue weighted by atomic mass is 19.1. The molecule has 0 unspecified atom stereocenters. The number of aromatic nitrogens is 1. The third-order valence-corrected chi connectivity index (χ3v) is 5.26. The fourth-order valence-corrected chi connectivity index (χ4v) is 3.89. The van der Waals surface area contributed by atoms with Crippen LogP contribution in [-0.4, -0.2) is 10.4 Å².